The Bertz CT molecular complexity index is 1040. The number of benzene rings is 2. The van der Waals surface area contributed by atoms with Gasteiger partial charge in [-0.25, -0.2) is 4.98 Å². The highest BCUT2D eigenvalue weighted by atomic mass is 32.1. The summed E-state index contributed by atoms with van der Waals surface area (Å²) in [7, 11) is 0. The molecule has 0 radical (unpaired) electrons. The molecule has 3 aromatic rings. The van der Waals surface area contributed by atoms with Gasteiger partial charge in [-0.3, -0.25) is 14.5 Å². The molecule has 0 aliphatic carbocycles. The van der Waals surface area contributed by atoms with Gasteiger partial charge in [0.15, 0.2) is 5.13 Å². The Labute approximate surface area is 187 Å². The summed E-state index contributed by atoms with van der Waals surface area (Å²) in [6.45, 7) is 8.80. The molecule has 31 heavy (non-hydrogen) atoms. The lowest BCUT2D eigenvalue weighted by Crippen LogP contribution is -2.38. The van der Waals surface area contributed by atoms with Crippen molar-refractivity contribution < 1.29 is 14.3 Å². The van der Waals surface area contributed by atoms with Crippen LogP contribution >= 0.6 is 11.3 Å². The molecule has 164 valence electrons. The summed E-state index contributed by atoms with van der Waals surface area (Å²) in [5.41, 5.74) is 1.36. The molecular formula is C24H29N3O3S. The summed E-state index contributed by atoms with van der Waals surface area (Å²) >= 11 is 1.46. The molecule has 0 bridgehead atoms. The van der Waals surface area contributed by atoms with Crippen molar-refractivity contribution in [3.8, 4) is 5.75 Å². The van der Waals surface area contributed by atoms with E-state index < -0.39 is 5.41 Å². The van der Waals surface area contributed by atoms with E-state index in [0.29, 0.717) is 24.8 Å². The summed E-state index contributed by atoms with van der Waals surface area (Å²) in [5.74, 6) is 0.636. The van der Waals surface area contributed by atoms with Gasteiger partial charge < -0.3 is 10.1 Å². The van der Waals surface area contributed by atoms with E-state index in [0.717, 1.165) is 21.5 Å². The normalized spacial score (nSPS) is 11.4. The van der Waals surface area contributed by atoms with E-state index in [2.05, 4.69) is 5.32 Å². The van der Waals surface area contributed by atoms with E-state index >= 15 is 0 Å². The van der Waals surface area contributed by atoms with Crippen LogP contribution in [0.2, 0.25) is 0 Å². The maximum Gasteiger partial charge on any atom is 0.230 e. The summed E-state index contributed by atoms with van der Waals surface area (Å²) in [5, 5.41) is 3.49. The van der Waals surface area contributed by atoms with Gasteiger partial charge >= 0.3 is 0 Å². The standard InChI is InChI=1S/C24H29N3O3S/c1-5-30-18-11-12-19-20(15-18)31-23(26-19)27(16-17-9-7-6-8-10-17)21(28)13-14-25-22(29)24(2,3)4/h6-12,15H,5,13-14,16H2,1-4H3,(H,25,29). The lowest BCUT2D eigenvalue weighted by atomic mass is 9.96. The minimum atomic E-state index is -0.488. The Morgan fingerprint density at radius 1 is 1.13 bits per heavy atom. The topological polar surface area (TPSA) is 71.5 Å². The highest BCUT2D eigenvalue weighted by Crippen LogP contribution is 2.32. The van der Waals surface area contributed by atoms with Gasteiger partial charge in [-0.05, 0) is 30.7 Å². The molecule has 0 aliphatic rings. The Balaban J connectivity index is 1.81. The molecule has 0 fully saturated rings. The number of hydrogen-bond acceptors (Lipinski definition) is 5. The predicted octanol–water partition coefficient (Wildman–Crippen LogP) is 4.78. The minimum absolute atomic E-state index is 0.0710. The highest BCUT2D eigenvalue weighted by Gasteiger charge is 2.23. The van der Waals surface area contributed by atoms with Crippen LogP contribution in [0.4, 0.5) is 5.13 Å². The lowest BCUT2D eigenvalue weighted by molar-refractivity contribution is -0.128. The molecule has 6 nitrogen and oxygen atoms in total. The fourth-order valence-electron chi connectivity index (χ4n) is 2.98. The first-order valence-electron chi connectivity index (χ1n) is 10.4. The van der Waals surface area contributed by atoms with Crippen molar-refractivity contribution in [1.29, 1.82) is 0 Å². The fraction of sp³-hybridized carbons (Fsp3) is 0.375. The number of hydrogen-bond donors (Lipinski definition) is 1. The molecule has 1 aromatic heterocycles. The number of carbonyl (C=O) groups is 2. The Kier molecular flexibility index (Phi) is 7.28. The van der Waals surface area contributed by atoms with Gasteiger partial charge in [-0.15, -0.1) is 0 Å². The SMILES string of the molecule is CCOc1ccc2nc(N(Cc3ccccc3)C(=O)CCNC(=O)C(C)(C)C)sc2c1. The van der Waals surface area contributed by atoms with Crippen LogP contribution in [0.3, 0.4) is 0 Å². The van der Waals surface area contributed by atoms with Crippen molar-refractivity contribution in [1.82, 2.24) is 10.3 Å². The minimum Gasteiger partial charge on any atom is -0.494 e. The van der Waals surface area contributed by atoms with Crippen LogP contribution in [0.25, 0.3) is 10.2 Å². The summed E-state index contributed by atoms with van der Waals surface area (Å²) in [6.07, 6.45) is 0.203. The number of anilines is 1. The van der Waals surface area contributed by atoms with E-state index in [1.54, 1.807) is 4.90 Å². The van der Waals surface area contributed by atoms with Gasteiger partial charge in [0, 0.05) is 18.4 Å². The maximum absolute atomic E-state index is 13.1. The zero-order valence-electron chi connectivity index (χ0n) is 18.5. The molecule has 1 heterocycles. The monoisotopic (exact) mass is 439 g/mol. The van der Waals surface area contributed by atoms with E-state index in [9.17, 15) is 9.59 Å². The quantitative estimate of drug-likeness (QED) is 0.548. The molecule has 2 aromatic carbocycles. The zero-order chi connectivity index (χ0) is 22.4. The Hall–Kier alpha value is -2.93. The largest absolute Gasteiger partial charge is 0.494 e. The second-order valence-electron chi connectivity index (χ2n) is 8.28. The molecule has 7 heteroatoms. The van der Waals surface area contributed by atoms with E-state index in [-0.39, 0.29) is 18.2 Å². The Morgan fingerprint density at radius 3 is 2.55 bits per heavy atom. The van der Waals surface area contributed by atoms with Gasteiger partial charge in [0.1, 0.15) is 5.75 Å². The molecule has 1 N–H and O–H groups in total. The third-order valence-electron chi connectivity index (χ3n) is 4.68. The summed E-state index contributed by atoms with van der Waals surface area (Å²) < 4.78 is 6.55. The third-order valence-corrected chi connectivity index (χ3v) is 5.72. The maximum atomic E-state index is 13.1. The molecular weight excluding hydrogens is 410 g/mol. The smallest absolute Gasteiger partial charge is 0.230 e. The van der Waals surface area contributed by atoms with Gasteiger partial charge in [0.05, 0.1) is 23.4 Å². The van der Waals surface area contributed by atoms with Crippen molar-refractivity contribution in [2.24, 2.45) is 5.41 Å². The molecule has 0 unspecified atom stereocenters. The van der Waals surface area contributed by atoms with Crippen molar-refractivity contribution >= 4 is 38.5 Å². The van der Waals surface area contributed by atoms with E-state index in [1.807, 2.05) is 76.2 Å². The fourth-order valence-corrected chi connectivity index (χ4v) is 3.99. The summed E-state index contributed by atoms with van der Waals surface area (Å²) in [6, 6.07) is 15.6. The Morgan fingerprint density at radius 2 is 1.87 bits per heavy atom. The average Bonchev–Trinajstić information content (AvgIpc) is 3.15. The van der Waals surface area contributed by atoms with E-state index in [1.165, 1.54) is 11.3 Å². The number of rotatable bonds is 8. The van der Waals surface area contributed by atoms with Gasteiger partial charge in [0.25, 0.3) is 0 Å². The van der Waals surface area contributed by atoms with E-state index in [4.69, 9.17) is 9.72 Å². The first kappa shape index (κ1) is 22.7. The molecule has 0 saturated heterocycles. The van der Waals surface area contributed by atoms with Crippen LogP contribution < -0.4 is 15.0 Å². The second kappa shape index (κ2) is 9.92. The lowest BCUT2D eigenvalue weighted by Gasteiger charge is -2.21. The summed E-state index contributed by atoms with van der Waals surface area (Å²) in [4.78, 5) is 31.7. The highest BCUT2D eigenvalue weighted by molar-refractivity contribution is 7.22. The van der Waals surface area contributed by atoms with Gasteiger partial charge in [-0.1, -0.05) is 62.4 Å². The van der Waals surface area contributed by atoms with Crippen molar-refractivity contribution in [2.75, 3.05) is 18.1 Å². The van der Waals surface area contributed by atoms with Crippen molar-refractivity contribution in [3.63, 3.8) is 0 Å². The molecule has 0 spiro atoms. The molecule has 3 rings (SSSR count). The average molecular weight is 440 g/mol. The van der Waals surface area contributed by atoms with Crippen LogP contribution in [-0.4, -0.2) is 29.9 Å². The number of ether oxygens (including phenoxy) is 1. The zero-order valence-corrected chi connectivity index (χ0v) is 19.3. The van der Waals surface area contributed by atoms with Crippen molar-refractivity contribution in [3.05, 3.63) is 54.1 Å². The number of nitrogens with one attached hydrogen (secondary N) is 1. The molecule has 0 aliphatic heterocycles. The molecule has 2 amide bonds. The predicted molar refractivity (Wildman–Crippen MR) is 126 cm³/mol. The van der Waals surface area contributed by atoms with Crippen LogP contribution in [0.1, 0.15) is 39.7 Å². The number of fused-ring (bicyclic) bond motifs is 1. The van der Waals surface area contributed by atoms with Crippen LogP contribution in [0, 0.1) is 5.41 Å². The number of amides is 2. The number of thiazole rings is 1. The number of aromatic nitrogens is 1. The first-order chi connectivity index (χ1) is 14.8. The second-order valence-corrected chi connectivity index (χ2v) is 9.29. The third kappa shape index (κ3) is 6.04. The van der Waals surface area contributed by atoms with Crippen LogP contribution in [0.15, 0.2) is 48.5 Å². The first-order valence-corrected chi connectivity index (χ1v) is 11.3. The van der Waals surface area contributed by atoms with Crippen LogP contribution in [0.5, 0.6) is 5.75 Å². The van der Waals surface area contributed by atoms with Crippen LogP contribution in [-0.2, 0) is 16.1 Å². The van der Waals surface area contributed by atoms with Gasteiger partial charge in [-0.2, -0.15) is 0 Å². The number of nitrogens with zero attached hydrogens (tertiary/aromatic N) is 2. The molecule has 0 atom stereocenters. The number of carbonyl (C=O) groups excluding carboxylic acids is 2. The van der Waals surface area contributed by atoms with Crippen molar-refractivity contribution in [2.45, 2.75) is 40.7 Å². The molecule has 0 saturated carbocycles. The van der Waals surface area contributed by atoms with Gasteiger partial charge in [0.2, 0.25) is 11.8 Å².